The third-order valence-corrected chi connectivity index (χ3v) is 2.27. The minimum atomic E-state index is -0.177. The Morgan fingerprint density at radius 3 is 2.64 bits per heavy atom. The van der Waals surface area contributed by atoms with Crippen molar-refractivity contribution < 1.29 is 9.47 Å². The molecule has 0 bridgehead atoms. The van der Waals surface area contributed by atoms with Crippen LogP contribution in [0.4, 0.5) is 0 Å². The molecule has 0 amide bonds. The second-order valence-electron chi connectivity index (χ2n) is 2.85. The number of benzene rings is 1. The Bertz CT molecular complexity index is 300. The molecule has 0 saturated carbocycles. The maximum Gasteiger partial charge on any atom is 0.124 e. The summed E-state index contributed by atoms with van der Waals surface area (Å²) in [5.41, 5.74) is 6.44. The smallest absolute Gasteiger partial charge is 0.124 e. The molecule has 0 aliphatic carbocycles. The molecule has 0 radical (unpaired) electrons. The van der Waals surface area contributed by atoms with E-state index >= 15 is 0 Å². The second kappa shape index (κ2) is 5.20. The van der Waals surface area contributed by atoms with Gasteiger partial charge < -0.3 is 15.2 Å². The number of halogens is 1. The second-order valence-corrected chi connectivity index (χ2v) is 3.28. The quantitative estimate of drug-likeness (QED) is 0.836. The summed E-state index contributed by atoms with van der Waals surface area (Å²) in [6, 6.07) is 5.38. The van der Waals surface area contributed by atoms with Gasteiger partial charge in [-0.05, 0) is 18.2 Å². The van der Waals surface area contributed by atoms with Gasteiger partial charge in [-0.2, -0.15) is 0 Å². The van der Waals surface area contributed by atoms with Crippen LogP contribution in [0, 0.1) is 0 Å². The lowest BCUT2D eigenvalue weighted by Crippen LogP contribution is -2.15. The van der Waals surface area contributed by atoms with Crippen LogP contribution in [0.25, 0.3) is 0 Å². The first kappa shape index (κ1) is 11.3. The van der Waals surface area contributed by atoms with Gasteiger partial charge in [0.1, 0.15) is 5.75 Å². The Kier molecular flexibility index (Phi) is 4.20. The predicted molar refractivity (Wildman–Crippen MR) is 56.8 cm³/mol. The van der Waals surface area contributed by atoms with Crippen molar-refractivity contribution in [1.82, 2.24) is 0 Å². The molecular formula is C10H14ClNO2. The highest BCUT2D eigenvalue weighted by molar-refractivity contribution is 6.30. The lowest BCUT2D eigenvalue weighted by atomic mass is 10.1. The summed E-state index contributed by atoms with van der Waals surface area (Å²) in [6.45, 7) is 0.396. The van der Waals surface area contributed by atoms with Crippen LogP contribution in [-0.4, -0.2) is 20.8 Å². The molecule has 78 valence electrons. The van der Waals surface area contributed by atoms with Gasteiger partial charge in [0.15, 0.2) is 0 Å². The number of hydrogen-bond donors (Lipinski definition) is 1. The third kappa shape index (κ3) is 2.38. The van der Waals surface area contributed by atoms with Gasteiger partial charge in [-0.25, -0.2) is 0 Å². The van der Waals surface area contributed by atoms with E-state index in [9.17, 15) is 0 Å². The summed E-state index contributed by atoms with van der Waals surface area (Å²) >= 11 is 5.88. The fourth-order valence-corrected chi connectivity index (χ4v) is 1.49. The van der Waals surface area contributed by atoms with Crippen molar-refractivity contribution in [3.63, 3.8) is 0 Å². The zero-order valence-corrected chi connectivity index (χ0v) is 9.04. The van der Waals surface area contributed by atoms with Gasteiger partial charge in [0, 0.05) is 24.2 Å². The van der Waals surface area contributed by atoms with Crippen molar-refractivity contribution in [3.8, 4) is 5.75 Å². The minimum Gasteiger partial charge on any atom is -0.496 e. The van der Waals surface area contributed by atoms with E-state index in [0.717, 1.165) is 11.3 Å². The lowest BCUT2D eigenvalue weighted by molar-refractivity contribution is 0.108. The van der Waals surface area contributed by atoms with Gasteiger partial charge in [0.25, 0.3) is 0 Å². The Hall–Kier alpha value is -0.770. The first-order valence-corrected chi connectivity index (χ1v) is 4.67. The standard InChI is InChI=1S/C10H14ClNO2/c1-13-9-4-3-7(11)5-8(9)10(6-12)14-2/h3-5,10H,6,12H2,1-2H3. The third-order valence-electron chi connectivity index (χ3n) is 2.04. The van der Waals surface area contributed by atoms with Gasteiger partial charge in [-0.1, -0.05) is 11.6 Å². The van der Waals surface area contributed by atoms with E-state index in [1.165, 1.54) is 0 Å². The average molecular weight is 216 g/mol. The van der Waals surface area contributed by atoms with Gasteiger partial charge in [-0.3, -0.25) is 0 Å². The monoisotopic (exact) mass is 215 g/mol. The molecule has 1 rings (SSSR count). The predicted octanol–water partition coefficient (Wildman–Crippen LogP) is 1.99. The molecule has 14 heavy (non-hydrogen) atoms. The summed E-state index contributed by atoms with van der Waals surface area (Å²) in [5.74, 6) is 0.742. The fourth-order valence-electron chi connectivity index (χ4n) is 1.31. The Morgan fingerprint density at radius 2 is 2.14 bits per heavy atom. The van der Waals surface area contributed by atoms with Gasteiger partial charge >= 0.3 is 0 Å². The minimum absolute atomic E-state index is 0.177. The van der Waals surface area contributed by atoms with Gasteiger partial charge in [0.05, 0.1) is 13.2 Å². The summed E-state index contributed by atoms with van der Waals surface area (Å²) in [5, 5.41) is 0.649. The molecule has 1 aromatic rings. The summed E-state index contributed by atoms with van der Waals surface area (Å²) in [4.78, 5) is 0. The molecule has 0 aliphatic heterocycles. The number of rotatable bonds is 4. The highest BCUT2D eigenvalue weighted by Crippen LogP contribution is 2.29. The Balaban J connectivity index is 3.08. The van der Waals surface area contributed by atoms with Crippen LogP contribution in [0.5, 0.6) is 5.75 Å². The maximum atomic E-state index is 5.88. The highest BCUT2D eigenvalue weighted by Gasteiger charge is 2.14. The number of ether oxygens (including phenoxy) is 2. The van der Waals surface area contributed by atoms with Crippen LogP contribution in [0.1, 0.15) is 11.7 Å². The van der Waals surface area contributed by atoms with Crippen LogP contribution in [0.2, 0.25) is 5.02 Å². The number of nitrogens with two attached hydrogens (primary N) is 1. The van der Waals surface area contributed by atoms with E-state index in [1.54, 1.807) is 32.4 Å². The maximum absolute atomic E-state index is 5.88. The molecule has 1 atom stereocenters. The molecule has 4 heteroatoms. The molecule has 0 aliphatic rings. The van der Waals surface area contributed by atoms with Crippen molar-refractivity contribution in [3.05, 3.63) is 28.8 Å². The first-order chi connectivity index (χ1) is 6.72. The number of hydrogen-bond acceptors (Lipinski definition) is 3. The van der Waals surface area contributed by atoms with E-state index in [1.807, 2.05) is 0 Å². The topological polar surface area (TPSA) is 44.5 Å². The zero-order chi connectivity index (χ0) is 10.6. The van der Waals surface area contributed by atoms with E-state index in [2.05, 4.69) is 0 Å². The molecule has 0 aromatic heterocycles. The van der Waals surface area contributed by atoms with Gasteiger partial charge in [0.2, 0.25) is 0 Å². The summed E-state index contributed by atoms with van der Waals surface area (Å²) in [7, 11) is 3.22. The lowest BCUT2D eigenvalue weighted by Gasteiger charge is -2.16. The molecule has 0 heterocycles. The largest absolute Gasteiger partial charge is 0.496 e. The van der Waals surface area contributed by atoms with Crippen LogP contribution in [0.15, 0.2) is 18.2 Å². The molecule has 1 aromatic carbocycles. The van der Waals surface area contributed by atoms with Crippen LogP contribution < -0.4 is 10.5 Å². The zero-order valence-electron chi connectivity index (χ0n) is 8.29. The molecule has 0 fully saturated rings. The molecular weight excluding hydrogens is 202 g/mol. The molecule has 2 N–H and O–H groups in total. The average Bonchev–Trinajstić information content (AvgIpc) is 2.20. The van der Waals surface area contributed by atoms with E-state index in [0.29, 0.717) is 11.6 Å². The Morgan fingerprint density at radius 1 is 1.43 bits per heavy atom. The van der Waals surface area contributed by atoms with Crippen molar-refractivity contribution in [2.24, 2.45) is 5.73 Å². The van der Waals surface area contributed by atoms with Gasteiger partial charge in [-0.15, -0.1) is 0 Å². The van der Waals surface area contributed by atoms with Crippen molar-refractivity contribution >= 4 is 11.6 Å². The SMILES string of the molecule is COc1ccc(Cl)cc1C(CN)OC. The van der Waals surface area contributed by atoms with E-state index in [-0.39, 0.29) is 6.10 Å². The van der Waals surface area contributed by atoms with Crippen LogP contribution in [0.3, 0.4) is 0 Å². The van der Waals surface area contributed by atoms with Crippen molar-refractivity contribution in [2.45, 2.75) is 6.10 Å². The van der Waals surface area contributed by atoms with Crippen LogP contribution >= 0.6 is 11.6 Å². The normalized spacial score (nSPS) is 12.6. The molecule has 0 saturated heterocycles. The van der Waals surface area contributed by atoms with Crippen molar-refractivity contribution in [2.75, 3.05) is 20.8 Å². The van der Waals surface area contributed by atoms with E-state index in [4.69, 9.17) is 26.8 Å². The van der Waals surface area contributed by atoms with Crippen molar-refractivity contribution in [1.29, 1.82) is 0 Å². The van der Waals surface area contributed by atoms with E-state index < -0.39 is 0 Å². The highest BCUT2D eigenvalue weighted by atomic mass is 35.5. The summed E-state index contributed by atoms with van der Waals surface area (Å²) < 4.78 is 10.4. The summed E-state index contributed by atoms with van der Waals surface area (Å²) in [6.07, 6.45) is -0.177. The number of methoxy groups -OCH3 is 2. The molecule has 0 spiro atoms. The fraction of sp³-hybridized carbons (Fsp3) is 0.400. The molecule has 1 unspecified atom stereocenters. The first-order valence-electron chi connectivity index (χ1n) is 4.29. The molecule has 3 nitrogen and oxygen atoms in total. The van der Waals surface area contributed by atoms with Crippen LogP contribution in [-0.2, 0) is 4.74 Å². The Labute approximate surface area is 88.8 Å².